The van der Waals surface area contributed by atoms with Crippen LogP contribution in [0.1, 0.15) is 24.6 Å². The van der Waals surface area contributed by atoms with Gasteiger partial charge < -0.3 is 19.8 Å². The molecule has 1 atom stereocenters. The van der Waals surface area contributed by atoms with Crippen molar-refractivity contribution in [3.05, 3.63) is 39.8 Å². The second kappa shape index (κ2) is 7.82. The van der Waals surface area contributed by atoms with Gasteiger partial charge in [-0.15, -0.1) is 0 Å². The number of amides is 1. The Morgan fingerprint density at radius 1 is 1.31 bits per heavy atom. The highest BCUT2D eigenvalue weighted by atomic mass is 32.2. The number of rotatable bonds is 6. The topological polar surface area (TPSA) is 93.3 Å². The molecule has 1 aromatic carbocycles. The molecule has 0 spiro atoms. The molecule has 1 unspecified atom stereocenters. The third kappa shape index (κ3) is 3.85. The van der Waals surface area contributed by atoms with Crippen molar-refractivity contribution in [3.8, 4) is 11.5 Å². The molecule has 1 heterocycles. The smallest absolute Gasteiger partial charge is 0.254 e. The summed E-state index contributed by atoms with van der Waals surface area (Å²) in [6.07, 6.45) is 2.54. The Bertz CT molecular complexity index is 881. The van der Waals surface area contributed by atoms with Crippen LogP contribution in [0.25, 0.3) is 0 Å². The van der Waals surface area contributed by atoms with Crippen molar-refractivity contribution in [3.63, 3.8) is 0 Å². The van der Waals surface area contributed by atoms with Crippen molar-refractivity contribution in [1.82, 2.24) is 9.97 Å². The number of benzene rings is 1. The molecule has 0 saturated heterocycles. The minimum absolute atomic E-state index is 0.0999. The summed E-state index contributed by atoms with van der Waals surface area (Å²) in [5.41, 5.74) is 2.04. The number of methoxy groups -OCH3 is 2. The van der Waals surface area contributed by atoms with Crippen molar-refractivity contribution in [1.29, 1.82) is 0 Å². The van der Waals surface area contributed by atoms with E-state index in [0.717, 1.165) is 30.5 Å². The third-order valence-corrected chi connectivity index (χ3v) is 5.23. The highest BCUT2D eigenvalue weighted by Gasteiger charge is 2.21. The molecule has 3 rings (SSSR count). The van der Waals surface area contributed by atoms with Gasteiger partial charge in [-0.25, -0.2) is 4.98 Å². The van der Waals surface area contributed by atoms with Crippen molar-refractivity contribution in [2.24, 2.45) is 0 Å². The van der Waals surface area contributed by atoms with Gasteiger partial charge in [0.1, 0.15) is 11.5 Å². The van der Waals surface area contributed by atoms with Crippen LogP contribution >= 0.6 is 11.8 Å². The van der Waals surface area contributed by atoms with Gasteiger partial charge in [-0.05, 0) is 38.3 Å². The zero-order valence-electron chi connectivity index (χ0n) is 14.9. The fraction of sp³-hybridized carbons (Fsp3) is 0.389. The predicted molar refractivity (Wildman–Crippen MR) is 100 cm³/mol. The molecular formula is C18H21N3O4S. The van der Waals surface area contributed by atoms with Gasteiger partial charge in [0.15, 0.2) is 5.16 Å². The summed E-state index contributed by atoms with van der Waals surface area (Å²) in [6.45, 7) is 1.76. The monoisotopic (exact) mass is 375 g/mol. The first-order chi connectivity index (χ1) is 12.5. The first-order valence-electron chi connectivity index (χ1n) is 8.33. The fourth-order valence-electron chi connectivity index (χ4n) is 2.84. The van der Waals surface area contributed by atoms with Crippen LogP contribution in [0.4, 0.5) is 5.69 Å². The van der Waals surface area contributed by atoms with Crippen LogP contribution in [0.15, 0.2) is 28.2 Å². The van der Waals surface area contributed by atoms with E-state index in [1.807, 2.05) is 0 Å². The largest absolute Gasteiger partial charge is 0.497 e. The summed E-state index contributed by atoms with van der Waals surface area (Å²) in [4.78, 5) is 31.9. The Hall–Kier alpha value is -2.48. The van der Waals surface area contributed by atoms with E-state index >= 15 is 0 Å². The van der Waals surface area contributed by atoms with Gasteiger partial charge in [0.25, 0.3) is 5.56 Å². The second-order valence-electron chi connectivity index (χ2n) is 5.97. The van der Waals surface area contributed by atoms with Gasteiger partial charge in [-0.3, -0.25) is 9.59 Å². The van der Waals surface area contributed by atoms with E-state index in [0.29, 0.717) is 22.3 Å². The summed E-state index contributed by atoms with van der Waals surface area (Å²) in [5, 5.41) is 2.86. The van der Waals surface area contributed by atoms with E-state index in [-0.39, 0.29) is 11.5 Å². The van der Waals surface area contributed by atoms with E-state index in [1.54, 1.807) is 32.2 Å². The first kappa shape index (κ1) is 18.3. The summed E-state index contributed by atoms with van der Waals surface area (Å²) in [7, 11) is 3.09. The van der Waals surface area contributed by atoms with E-state index in [2.05, 4.69) is 15.3 Å². The molecule has 0 bridgehead atoms. The Morgan fingerprint density at radius 2 is 2.12 bits per heavy atom. The average Bonchev–Trinajstić information content (AvgIpc) is 3.10. The molecular weight excluding hydrogens is 354 g/mol. The molecule has 138 valence electrons. The number of nitrogens with zero attached hydrogens (tertiary/aromatic N) is 1. The van der Waals surface area contributed by atoms with Crippen molar-refractivity contribution < 1.29 is 14.3 Å². The number of carbonyl (C=O) groups is 1. The van der Waals surface area contributed by atoms with Crippen molar-refractivity contribution in [2.75, 3.05) is 19.5 Å². The SMILES string of the molecule is COc1ccc(OC)c(NC(=O)C(C)Sc2nc3c(c(=O)[nH]2)CCC3)c1. The highest BCUT2D eigenvalue weighted by molar-refractivity contribution is 8.00. The number of carbonyl (C=O) groups excluding carboxylic acids is 1. The maximum absolute atomic E-state index is 12.6. The van der Waals surface area contributed by atoms with E-state index < -0.39 is 5.25 Å². The molecule has 1 amide bonds. The number of aromatic nitrogens is 2. The van der Waals surface area contributed by atoms with Crippen LogP contribution in [0.2, 0.25) is 0 Å². The van der Waals surface area contributed by atoms with E-state index in [4.69, 9.17) is 9.47 Å². The number of aryl methyl sites for hydroxylation is 1. The number of ether oxygens (including phenoxy) is 2. The lowest BCUT2D eigenvalue weighted by Gasteiger charge is -2.15. The molecule has 2 N–H and O–H groups in total. The zero-order valence-corrected chi connectivity index (χ0v) is 15.7. The highest BCUT2D eigenvalue weighted by Crippen LogP contribution is 2.30. The predicted octanol–water partition coefficient (Wildman–Crippen LogP) is 2.40. The van der Waals surface area contributed by atoms with Crippen LogP contribution in [0.3, 0.4) is 0 Å². The molecule has 7 nitrogen and oxygen atoms in total. The van der Waals surface area contributed by atoms with Gasteiger partial charge >= 0.3 is 0 Å². The summed E-state index contributed by atoms with van der Waals surface area (Å²) >= 11 is 1.22. The van der Waals surface area contributed by atoms with Crippen LogP contribution in [-0.2, 0) is 17.6 Å². The lowest BCUT2D eigenvalue weighted by atomic mass is 10.2. The van der Waals surface area contributed by atoms with Gasteiger partial charge in [-0.1, -0.05) is 11.8 Å². The zero-order chi connectivity index (χ0) is 18.7. The Morgan fingerprint density at radius 3 is 2.85 bits per heavy atom. The molecule has 0 saturated carbocycles. The minimum atomic E-state index is -0.450. The molecule has 0 fully saturated rings. The number of hydrogen-bond donors (Lipinski definition) is 2. The molecule has 0 aliphatic heterocycles. The van der Waals surface area contributed by atoms with Crippen molar-refractivity contribution >= 4 is 23.4 Å². The number of aromatic amines is 1. The molecule has 2 aromatic rings. The van der Waals surface area contributed by atoms with Crippen LogP contribution in [0.5, 0.6) is 11.5 Å². The third-order valence-electron chi connectivity index (χ3n) is 4.24. The first-order valence-corrected chi connectivity index (χ1v) is 9.21. The fourth-order valence-corrected chi connectivity index (χ4v) is 3.66. The molecule has 1 aliphatic rings. The van der Waals surface area contributed by atoms with Crippen LogP contribution < -0.4 is 20.3 Å². The van der Waals surface area contributed by atoms with E-state index in [9.17, 15) is 9.59 Å². The Kier molecular flexibility index (Phi) is 5.51. The van der Waals surface area contributed by atoms with Gasteiger partial charge in [-0.2, -0.15) is 0 Å². The summed E-state index contributed by atoms with van der Waals surface area (Å²) < 4.78 is 10.5. The number of hydrogen-bond acceptors (Lipinski definition) is 6. The Balaban J connectivity index is 1.73. The van der Waals surface area contributed by atoms with Gasteiger partial charge in [0, 0.05) is 11.6 Å². The number of H-pyrrole nitrogens is 1. The van der Waals surface area contributed by atoms with Crippen molar-refractivity contribution in [2.45, 2.75) is 36.6 Å². The Labute approximate surface area is 155 Å². The molecule has 1 aliphatic carbocycles. The van der Waals surface area contributed by atoms with E-state index in [1.165, 1.54) is 18.9 Å². The molecule has 8 heteroatoms. The quantitative estimate of drug-likeness (QED) is 0.595. The normalized spacial score (nSPS) is 13.8. The molecule has 26 heavy (non-hydrogen) atoms. The lowest BCUT2D eigenvalue weighted by molar-refractivity contribution is -0.115. The summed E-state index contributed by atoms with van der Waals surface area (Å²) in [6, 6.07) is 5.18. The second-order valence-corrected chi connectivity index (χ2v) is 7.29. The number of fused-ring (bicyclic) bond motifs is 1. The van der Waals surface area contributed by atoms with Crippen LogP contribution in [0, 0.1) is 0 Å². The maximum Gasteiger partial charge on any atom is 0.254 e. The number of nitrogens with one attached hydrogen (secondary N) is 2. The standard InChI is InChI=1S/C18H21N3O4S/c1-10(26-18-20-13-6-4-5-12(13)17(23)21-18)16(22)19-14-9-11(24-2)7-8-15(14)25-3/h7-10H,4-6H2,1-3H3,(H,19,22)(H,20,21,23). The van der Waals surface area contributed by atoms with Gasteiger partial charge in [0.2, 0.25) is 5.91 Å². The number of anilines is 1. The lowest BCUT2D eigenvalue weighted by Crippen LogP contribution is -2.24. The van der Waals surface area contributed by atoms with Gasteiger partial charge in [0.05, 0.1) is 30.9 Å². The molecule has 1 aromatic heterocycles. The van der Waals surface area contributed by atoms with Crippen LogP contribution in [-0.4, -0.2) is 35.3 Å². The molecule has 0 radical (unpaired) electrons. The average molecular weight is 375 g/mol. The summed E-state index contributed by atoms with van der Waals surface area (Å²) in [5.74, 6) is 0.941. The maximum atomic E-state index is 12.6. The minimum Gasteiger partial charge on any atom is -0.497 e. The number of thioether (sulfide) groups is 1.